The van der Waals surface area contributed by atoms with Gasteiger partial charge in [-0.3, -0.25) is 9.69 Å². The zero-order chi connectivity index (χ0) is 13.3. The molecule has 0 aromatic rings. The molecule has 0 aromatic carbocycles. The number of aliphatic carboxylic acids is 1. The van der Waals surface area contributed by atoms with E-state index in [2.05, 4.69) is 18.7 Å². The SMILES string of the molecule is CCC1(C(=O)O)CCN(C2C(C)CCCC2C)C1. The van der Waals surface area contributed by atoms with Gasteiger partial charge in [0, 0.05) is 12.6 Å². The summed E-state index contributed by atoms with van der Waals surface area (Å²) in [7, 11) is 0. The first-order valence-corrected chi connectivity index (χ1v) is 7.47. The van der Waals surface area contributed by atoms with Crippen LogP contribution in [0.3, 0.4) is 0 Å². The van der Waals surface area contributed by atoms with E-state index in [9.17, 15) is 9.90 Å². The molecule has 0 radical (unpaired) electrons. The summed E-state index contributed by atoms with van der Waals surface area (Å²) in [6.45, 7) is 8.43. The van der Waals surface area contributed by atoms with Crippen LogP contribution in [0.4, 0.5) is 0 Å². The van der Waals surface area contributed by atoms with Gasteiger partial charge in [-0.1, -0.05) is 27.2 Å². The van der Waals surface area contributed by atoms with Gasteiger partial charge in [-0.15, -0.1) is 0 Å². The largest absolute Gasteiger partial charge is 0.481 e. The summed E-state index contributed by atoms with van der Waals surface area (Å²) in [6.07, 6.45) is 5.53. The number of rotatable bonds is 3. The minimum atomic E-state index is -0.594. The molecule has 3 atom stereocenters. The van der Waals surface area contributed by atoms with E-state index in [1.54, 1.807) is 0 Å². The van der Waals surface area contributed by atoms with E-state index in [4.69, 9.17) is 0 Å². The third-order valence-corrected chi connectivity index (χ3v) is 5.42. The maximum Gasteiger partial charge on any atom is 0.310 e. The molecule has 0 bridgehead atoms. The molecule has 3 nitrogen and oxygen atoms in total. The van der Waals surface area contributed by atoms with Crippen molar-refractivity contribution in [3.05, 3.63) is 0 Å². The number of nitrogens with zero attached hydrogens (tertiary/aromatic N) is 1. The number of carbonyl (C=O) groups is 1. The lowest BCUT2D eigenvalue weighted by molar-refractivity contribution is -0.148. The van der Waals surface area contributed by atoms with E-state index < -0.39 is 11.4 Å². The van der Waals surface area contributed by atoms with Crippen LogP contribution in [0.5, 0.6) is 0 Å². The van der Waals surface area contributed by atoms with E-state index >= 15 is 0 Å². The fraction of sp³-hybridized carbons (Fsp3) is 0.933. The van der Waals surface area contributed by atoms with Gasteiger partial charge in [0.25, 0.3) is 0 Å². The zero-order valence-corrected chi connectivity index (χ0v) is 12.0. The highest BCUT2D eigenvalue weighted by Crippen LogP contribution is 2.40. The van der Waals surface area contributed by atoms with Crippen molar-refractivity contribution in [2.24, 2.45) is 17.3 Å². The first-order chi connectivity index (χ1) is 8.50. The molecule has 0 amide bonds. The lowest BCUT2D eigenvalue weighted by Crippen LogP contribution is -2.46. The summed E-state index contributed by atoms with van der Waals surface area (Å²) in [5.74, 6) is 0.842. The summed E-state index contributed by atoms with van der Waals surface area (Å²) in [4.78, 5) is 14.0. The van der Waals surface area contributed by atoms with Crippen LogP contribution in [0.2, 0.25) is 0 Å². The number of likely N-dealkylation sites (tertiary alicyclic amines) is 1. The Labute approximate surface area is 111 Å². The van der Waals surface area contributed by atoms with Crippen LogP contribution in [0, 0.1) is 17.3 Å². The zero-order valence-electron chi connectivity index (χ0n) is 12.0. The van der Waals surface area contributed by atoms with Gasteiger partial charge in [0.2, 0.25) is 0 Å². The minimum Gasteiger partial charge on any atom is -0.481 e. The molecule has 2 fully saturated rings. The Kier molecular flexibility index (Phi) is 4.00. The number of carboxylic acid groups (broad SMARTS) is 1. The van der Waals surface area contributed by atoms with Crippen molar-refractivity contribution in [3.63, 3.8) is 0 Å². The van der Waals surface area contributed by atoms with E-state index in [0.717, 1.165) is 37.8 Å². The van der Waals surface area contributed by atoms with Crippen LogP contribution in [-0.4, -0.2) is 35.1 Å². The molecule has 2 rings (SSSR count). The first kappa shape index (κ1) is 13.9. The van der Waals surface area contributed by atoms with Gasteiger partial charge >= 0.3 is 5.97 Å². The lowest BCUT2D eigenvalue weighted by Gasteiger charge is -2.41. The van der Waals surface area contributed by atoms with Crippen LogP contribution in [0.25, 0.3) is 0 Å². The molecule has 3 heteroatoms. The molecule has 0 aromatic heterocycles. The van der Waals surface area contributed by atoms with Gasteiger partial charge in [-0.2, -0.15) is 0 Å². The van der Waals surface area contributed by atoms with E-state index in [1.807, 2.05) is 6.92 Å². The summed E-state index contributed by atoms with van der Waals surface area (Å²) >= 11 is 0. The molecule has 1 aliphatic heterocycles. The maximum absolute atomic E-state index is 11.5. The van der Waals surface area contributed by atoms with Crippen molar-refractivity contribution in [3.8, 4) is 0 Å². The molecule has 1 N–H and O–H groups in total. The highest BCUT2D eigenvalue weighted by Gasteiger charge is 2.47. The van der Waals surface area contributed by atoms with Crippen LogP contribution in [0.1, 0.15) is 52.9 Å². The van der Waals surface area contributed by atoms with Crippen LogP contribution >= 0.6 is 0 Å². The molecule has 1 saturated heterocycles. The van der Waals surface area contributed by atoms with Gasteiger partial charge in [0.1, 0.15) is 0 Å². The molecular weight excluding hydrogens is 226 g/mol. The lowest BCUT2D eigenvalue weighted by atomic mass is 9.77. The number of hydrogen-bond donors (Lipinski definition) is 1. The molecule has 0 spiro atoms. The average molecular weight is 253 g/mol. The minimum absolute atomic E-state index is 0.475. The fourth-order valence-electron chi connectivity index (χ4n) is 4.16. The van der Waals surface area contributed by atoms with Crippen LogP contribution in [0.15, 0.2) is 0 Å². The van der Waals surface area contributed by atoms with Gasteiger partial charge in [0.05, 0.1) is 5.41 Å². The second kappa shape index (κ2) is 5.20. The molecular formula is C15H27NO2. The van der Waals surface area contributed by atoms with Crippen molar-refractivity contribution >= 4 is 5.97 Å². The van der Waals surface area contributed by atoms with E-state index in [-0.39, 0.29) is 0 Å². The molecule has 104 valence electrons. The second-order valence-electron chi connectivity index (χ2n) is 6.54. The quantitative estimate of drug-likeness (QED) is 0.840. The monoisotopic (exact) mass is 253 g/mol. The Balaban J connectivity index is 2.09. The highest BCUT2D eigenvalue weighted by molar-refractivity contribution is 5.75. The summed E-state index contributed by atoms with van der Waals surface area (Å²) in [6, 6.07) is 0.603. The normalized spacial score (nSPS) is 42.1. The Morgan fingerprint density at radius 1 is 1.33 bits per heavy atom. The molecule has 1 saturated carbocycles. The number of carboxylic acids is 1. The van der Waals surface area contributed by atoms with Gasteiger partial charge in [0.15, 0.2) is 0 Å². The van der Waals surface area contributed by atoms with Gasteiger partial charge in [-0.05, 0) is 44.1 Å². The smallest absolute Gasteiger partial charge is 0.310 e. The van der Waals surface area contributed by atoms with Crippen LogP contribution in [-0.2, 0) is 4.79 Å². The molecule has 3 unspecified atom stereocenters. The summed E-state index contributed by atoms with van der Waals surface area (Å²) in [5, 5.41) is 9.49. The summed E-state index contributed by atoms with van der Waals surface area (Å²) in [5.41, 5.74) is -0.475. The third kappa shape index (κ3) is 2.29. The van der Waals surface area contributed by atoms with Crippen molar-refractivity contribution in [1.82, 2.24) is 4.90 Å². The van der Waals surface area contributed by atoms with Crippen LogP contribution < -0.4 is 0 Å². The molecule has 2 aliphatic rings. The fourth-order valence-corrected chi connectivity index (χ4v) is 4.16. The van der Waals surface area contributed by atoms with Gasteiger partial charge in [-0.25, -0.2) is 0 Å². The standard InChI is InChI=1S/C15H27NO2/c1-4-15(14(17)18)8-9-16(10-15)13-11(2)6-5-7-12(13)3/h11-13H,4-10H2,1-3H3,(H,17,18). The van der Waals surface area contributed by atoms with Gasteiger partial charge < -0.3 is 5.11 Å². The molecule has 1 aliphatic carbocycles. The highest BCUT2D eigenvalue weighted by atomic mass is 16.4. The van der Waals surface area contributed by atoms with Crippen molar-refractivity contribution < 1.29 is 9.90 Å². The molecule has 1 heterocycles. The third-order valence-electron chi connectivity index (χ3n) is 5.42. The Bertz CT molecular complexity index is 308. The predicted molar refractivity (Wildman–Crippen MR) is 72.5 cm³/mol. The topological polar surface area (TPSA) is 40.5 Å². The second-order valence-corrected chi connectivity index (χ2v) is 6.54. The summed E-state index contributed by atoms with van der Waals surface area (Å²) < 4.78 is 0. The first-order valence-electron chi connectivity index (χ1n) is 7.47. The maximum atomic E-state index is 11.5. The average Bonchev–Trinajstić information content (AvgIpc) is 2.74. The Morgan fingerprint density at radius 3 is 2.39 bits per heavy atom. The number of hydrogen-bond acceptors (Lipinski definition) is 2. The predicted octanol–water partition coefficient (Wildman–Crippen LogP) is 3.00. The van der Waals surface area contributed by atoms with Crippen molar-refractivity contribution in [1.29, 1.82) is 0 Å². The van der Waals surface area contributed by atoms with Crippen molar-refractivity contribution in [2.45, 2.75) is 58.9 Å². The Hall–Kier alpha value is -0.570. The van der Waals surface area contributed by atoms with E-state index in [0.29, 0.717) is 6.04 Å². The molecule has 18 heavy (non-hydrogen) atoms. The Morgan fingerprint density at radius 2 is 1.94 bits per heavy atom. The van der Waals surface area contributed by atoms with E-state index in [1.165, 1.54) is 19.3 Å². The van der Waals surface area contributed by atoms with Crippen molar-refractivity contribution in [2.75, 3.05) is 13.1 Å².